The van der Waals surface area contributed by atoms with Gasteiger partial charge in [0, 0.05) is 16.0 Å². The molecule has 0 aliphatic carbocycles. The number of nitriles is 2. The number of sulfone groups is 1. The van der Waals surface area contributed by atoms with Crippen molar-refractivity contribution in [2.75, 3.05) is 35.8 Å². The molecule has 2 heterocycles. The van der Waals surface area contributed by atoms with Gasteiger partial charge in [-0.3, -0.25) is 19.4 Å². The molecule has 2 aliphatic heterocycles. The Kier molecular flexibility index (Phi) is 9.47. The Labute approximate surface area is 279 Å². The van der Waals surface area contributed by atoms with Crippen molar-refractivity contribution in [3.8, 4) is 23.6 Å². The lowest BCUT2D eigenvalue weighted by Crippen LogP contribution is -2.30. The van der Waals surface area contributed by atoms with Gasteiger partial charge in [0.25, 0.3) is 11.8 Å². The minimum absolute atomic E-state index is 0.101. The maximum absolute atomic E-state index is 12.8. The molecule has 0 aromatic heterocycles. The summed E-state index contributed by atoms with van der Waals surface area (Å²) in [6, 6.07) is 23.7. The maximum atomic E-state index is 12.8. The first-order valence-electron chi connectivity index (χ1n) is 13.3. The molecule has 2 aliphatic rings. The average Bonchev–Trinajstić information content (AvgIpc) is 3.61. The molecule has 0 saturated carbocycles. The minimum Gasteiger partial charge on any atom is -0.494 e. The zero-order chi connectivity index (χ0) is 33.2. The van der Waals surface area contributed by atoms with Crippen LogP contribution in [-0.2, 0) is 9.84 Å². The van der Waals surface area contributed by atoms with E-state index in [-0.39, 0.29) is 49.0 Å². The molecule has 0 unspecified atom stereocenters. The number of fused-ring (bicyclic) bond motifs is 2. The highest BCUT2D eigenvalue weighted by Gasteiger charge is 2.36. The zero-order valence-electron chi connectivity index (χ0n) is 24.2. The Bertz CT molecular complexity index is 2090. The fourth-order valence-electron chi connectivity index (χ4n) is 4.92. The Morgan fingerprint density at radius 3 is 1.83 bits per heavy atom. The van der Waals surface area contributed by atoms with Gasteiger partial charge in [0.2, 0.25) is 0 Å². The predicted octanol–water partition coefficient (Wildman–Crippen LogP) is 6.54. The molecule has 0 bridgehead atoms. The van der Waals surface area contributed by atoms with Crippen LogP contribution in [0.2, 0.25) is 10.0 Å². The van der Waals surface area contributed by atoms with Gasteiger partial charge in [-0.1, -0.05) is 47.5 Å². The van der Waals surface area contributed by atoms with Gasteiger partial charge in [-0.05, 0) is 48.5 Å². The van der Waals surface area contributed by atoms with Crippen LogP contribution in [0.4, 0.5) is 11.4 Å². The summed E-state index contributed by atoms with van der Waals surface area (Å²) in [5.74, 6) is -0.175. The molecule has 10 nitrogen and oxygen atoms in total. The number of hydrogen-bond acceptors (Lipinski definition) is 9. The summed E-state index contributed by atoms with van der Waals surface area (Å²) in [6.07, 6.45) is 0. The third-order valence-corrected chi connectivity index (χ3v) is 10.2. The van der Waals surface area contributed by atoms with Crippen molar-refractivity contribution in [3.63, 3.8) is 0 Å². The Hall–Kier alpha value is -4.72. The van der Waals surface area contributed by atoms with Crippen molar-refractivity contribution in [2.24, 2.45) is 0 Å². The Balaban J connectivity index is 0.000000182. The number of halogens is 2. The second kappa shape index (κ2) is 13.3. The van der Waals surface area contributed by atoms with Crippen molar-refractivity contribution < 1.29 is 27.5 Å². The lowest BCUT2D eigenvalue weighted by atomic mass is 10.1. The lowest BCUT2D eigenvalue weighted by Gasteiger charge is -2.17. The Morgan fingerprint density at radius 2 is 1.28 bits per heavy atom. The standard InChI is InChI=1S/C16H11ClN2O4S.C16H11ClN2O2S/c1-23-15-11(8-18)6-10(7-12(15)17)16(20)19-9-24(21,22)14-5-3-2-4-13(14)19;1-21-15-11(8-18)6-10(7-12(15)17)16(20)19-9-22-14-5-3-2-4-13(14)19/h2-7H,9H2,1H3;2-7H,9H2,1H3. The molecule has 46 heavy (non-hydrogen) atoms. The lowest BCUT2D eigenvalue weighted by molar-refractivity contribution is 0.0984. The topological polar surface area (TPSA) is 141 Å². The smallest absolute Gasteiger partial charge is 0.259 e. The van der Waals surface area contributed by atoms with Gasteiger partial charge < -0.3 is 9.47 Å². The number of benzene rings is 4. The normalized spacial score (nSPS) is 13.8. The minimum atomic E-state index is -3.56. The molecule has 0 N–H and O–H groups in total. The van der Waals surface area contributed by atoms with Crippen LogP contribution in [0.3, 0.4) is 0 Å². The van der Waals surface area contributed by atoms with E-state index in [4.69, 9.17) is 32.7 Å². The number of methoxy groups -OCH3 is 2. The molecule has 4 aromatic rings. The third kappa shape index (κ3) is 6.08. The van der Waals surface area contributed by atoms with Crippen LogP contribution in [0.15, 0.2) is 82.6 Å². The highest BCUT2D eigenvalue weighted by molar-refractivity contribution is 8.00. The molecule has 0 fully saturated rings. The van der Waals surface area contributed by atoms with E-state index in [0.717, 1.165) is 15.5 Å². The molecule has 4 aromatic carbocycles. The fraction of sp³-hybridized carbons (Fsp3) is 0.125. The van der Waals surface area contributed by atoms with Gasteiger partial charge in [-0.25, -0.2) is 8.42 Å². The van der Waals surface area contributed by atoms with Gasteiger partial charge in [0.15, 0.2) is 21.3 Å². The Morgan fingerprint density at radius 1 is 0.783 bits per heavy atom. The van der Waals surface area contributed by atoms with Gasteiger partial charge >= 0.3 is 0 Å². The number of rotatable bonds is 4. The fourth-order valence-corrected chi connectivity index (χ4v) is 8.06. The molecule has 0 spiro atoms. The maximum Gasteiger partial charge on any atom is 0.259 e. The number of carbonyl (C=O) groups excluding carboxylic acids is 2. The monoisotopic (exact) mass is 692 g/mol. The van der Waals surface area contributed by atoms with Crippen molar-refractivity contribution in [1.29, 1.82) is 10.5 Å². The highest BCUT2D eigenvalue weighted by atomic mass is 35.5. The quantitative estimate of drug-likeness (QED) is 0.233. The van der Waals surface area contributed by atoms with Crippen molar-refractivity contribution in [1.82, 2.24) is 0 Å². The number of ether oxygens (including phenoxy) is 2. The number of para-hydroxylation sites is 2. The van der Waals surface area contributed by atoms with Gasteiger partial charge in [0.05, 0.1) is 57.5 Å². The van der Waals surface area contributed by atoms with Gasteiger partial charge in [-0.2, -0.15) is 10.5 Å². The van der Waals surface area contributed by atoms with Crippen LogP contribution >= 0.6 is 35.0 Å². The number of nitrogens with zero attached hydrogens (tertiary/aromatic N) is 4. The predicted molar refractivity (Wildman–Crippen MR) is 175 cm³/mol. The summed E-state index contributed by atoms with van der Waals surface area (Å²) in [4.78, 5) is 29.5. The van der Waals surface area contributed by atoms with Crippen LogP contribution in [0.5, 0.6) is 11.5 Å². The van der Waals surface area contributed by atoms with Crippen LogP contribution in [-0.4, -0.2) is 46.2 Å². The van der Waals surface area contributed by atoms with E-state index < -0.39 is 21.6 Å². The molecular formula is C32H22Cl2N4O6S2. The van der Waals surface area contributed by atoms with Crippen molar-refractivity contribution >= 4 is 68.0 Å². The molecule has 6 rings (SSSR count). The number of thioether (sulfide) groups is 1. The first-order valence-corrected chi connectivity index (χ1v) is 16.7. The van der Waals surface area contributed by atoms with E-state index in [2.05, 4.69) is 0 Å². The molecule has 14 heteroatoms. The van der Waals surface area contributed by atoms with E-state index in [1.165, 1.54) is 44.6 Å². The highest BCUT2D eigenvalue weighted by Crippen LogP contribution is 2.40. The van der Waals surface area contributed by atoms with Crippen LogP contribution in [0, 0.1) is 22.7 Å². The molecular weight excluding hydrogens is 671 g/mol. The summed E-state index contributed by atoms with van der Waals surface area (Å²) in [7, 11) is -0.755. The van der Waals surface area contributed by atoms with Crippen LogP contribution < -0.4 is 19.3 Å². The molecule has 232 valence electrons. The molecule has 0 atom stereocenters. The SMILES string of the molecule is COc1c(Cl)cc(C(=O)N2CS(=O)(=O)c3ccccc32)cc1C#N.COc1c(Cl)cc(C(=O)N2CSc3ccccc32)cc1C#N. The van der Waals surface area contributed by atoms with E-state index in [0.29, 0.717) is 17.1 Å². The second-order valence-corrected chi connectivity index (χ2v) is 13.4. The van der Waals surface area contributed by atoms with Crippen molar-refractivity contribution in [2.45, 2.75) is 9.79 Å². The van der Waals surface area contributed by atoms with E-state index in [1.807, 2.05) is 36.4 Å². The zero-order valence-corrected chi connectivity index (χ0v) is 27.3. The largest absolute Gasteiger partial charge is 0.494 e. The van der Waals surface area contributed by atoms with Crippen LogP contribution in [0.1, 0.15) is 31.8 Å². The number of anilines is 2. The number of hydrogen-bond donors (Lipinski definition) is 0. The first-order chi connectivity index (χ1) is 22.0. The molecule has 0 radical (unpaired) electrons. The third-order valence-electron chi connectivity index (χ3n) is 7.02. The molecule has 2 amide bonds. The first kappa shape index (κ1) is 32.7. The number of amides is 2. The van der Waals surface area contributed by atoms with Gasteiger partial charge in [0.1, 0.15) is 18.0 Å². The average molecular weight is 694 g/mol. The number of carbonyl (C=O) groups is 2. The molecule has 0 saturated heterocycles. The van der Waals surface area contributed by atoms with E-state index >= 15 is 0 Å². The van der Waals surface area contributed by atoms with Crippen LogP contribution in [0.25, 0.3) is 0 Å². The van der Waals surface area contributed by atoms with E-state index in [1.54, 1.807) is 34.9 Å². The summed E-state index contributed by atoms with van der Waals surface area (Å²) in [5, 5.41) is 18.7. The summed E-state index contributed by atoms with van der Waals surface area (Å²) in [6.45, 7) is 0. The van der Waals surface area contributed by atoms with Crippen molar-refractivity contribution in [3.05, 3.63) is 105 Å². The second-order valence-electron chi connectivity index (χ2n) is 9.72. The summed E-state index contributed by atoms with van der Waals surface area (Å²) in [5.41, 5.74) is 2.03. The summed E-state index contributed by atoms with van der Waals surface area (Å²) < 4.78 is 34.5. The summed E-state index contributed by atoms with van der Waals surface area (Å²) >= 11 is 13.8. The van der Waals surface area contributed by atoms with Gasteiger partial charge in [-0.15, -0.1) is 11.8 Å². The van der Waals surface area contributed by atoms with E-state index in [9.17, 15) is 28.5 Å².